The van der Waals surface area contributed by atoms with Gasteiger partial charge in [0.25, 0.3) is 0 Å². The van der Waals surface area contributed by atoms with Crippen LogP contribution in [0.4, 0.5) is 0 Å². The molecule has 0 heterocycles. The molecule has 82 valence electrons. The van der Waals surface area contributed by atoms with Gasteiger partial charge in [0, 0.05) is 24.2 Å². The molecular weight excluding hydrogens is 254 g/mol. The van der Waals surface area contributed by atoms with Gasteiger partial charge in [-0.1, -0.05) is 28.1 Å². The smallest absolute Gasteiger partial charge is 0.0724 e. The van der Waals surface area contributed by atoms with Crippen molar-refractivity contribution in [3.05, 3.63) is 33.8 Å². The third-order valence-corrected chi connectivity index (χ3v) is 3.33. The predicted octanol–water partition coefficient (Wildman–Crippen LogP) is 2.85. The number of methoxy groups -OCH3 is 1. The Balaban J connectivity index is 1.96. The highest BCUT2D eigenvalue weighted by Gasteiger charge is 2.19. The number of nitrogens with one attached hydrogen (secondary N) is 1. The highest BCUT2D eigenvalue weighted by Crippen LogP contribution is 2.22. The van der Waals surface area contributed by atoms with E-state index < -0.39 is 0 Å². The van der Waals surface area contributed by atoms with Gasteiger partial charge in [-0.05, 0) is 30.0 Å². The van der Waals surface area contributed by atoms with Crippen molar-refractivity contribution in [2.45, 2.75) is 32.0 Å². The maximum atomic E-state index is 5.11. The Kier molecular flexibility index (Phi) is 3.78. The van der Waals surface area contributed by atoms with Crippen LogP contribution >= 0.6 is 15.9 Å². The van der Waals surface area contributed by atoms with Crippen LogP contribution in [0.5, 0.6) is 0 Å². The zero-order chi connectivity index (χ0) is 10.7. The van der Waals surface area contributed by atoms with E-state index in [-0.39, 0.29) is 0 Å². The van der Waals surface area contributed by atoms with Crippen LogP contribution in [0, 0.1) is 0 Å². The molecule has 1 aliphatic carbocycles. The van der Waals surface area contributed by atoms with E-state index in [9.17, 15) is 0 Å². The lowest BCUT2D eigenvalue weighted by molar-refractivity contribution is 0.184. The minimum atomic E-state index is 0.664. The molecule has 0 bridgehead atoms. The fourth-order valence-electron chi connectivity index (χ4n) is 1.52. The molecule has 1 saturated carbocycles. The second kappa shape index (κ2) is 5.10. The van der Waals surface area contributed by atoms with Crippen LogP contribution < -0.4 is 5.32 Å². The fraction of sp³-hybridized carbons (Fsp3) is 0.500. The topological polar surface area (TPSA) is 21.3 Å². The Morgan fingerprint density at radius 2 is 2.27 bits per heavy atom. The van der Waals surface area contributed by atoms with E-state index >= 15 is 0 Å². The highest BCUT2D eigenvalue weighted by molar-refractivity contribution is 9.10. The van der Waals surface area contributed by atoms with E-state index in [0.29, 0.717) is 6.61 Å². The van der Waals surface area contributed by atoms with Crippen molar-refractivity contribution < 1.29 is 4.74 Å². The molecule has 1 aromatic carbocycles. The van der Waals surface area contributed by atoms with Gasteiger partial charge in [0.1, 0.15) is 0 Å². The van der Waals surface area contributed by atoms with E-state index in [2.05, 4.69) is 39.4 Å². The summed E-state index contributed by atoms with van der Waals surface area (Å²) in [6.45, 7) is 1.63. The molecule has 1 aromatic rings. The molecule has 1 N–H and O–H groups in total. The van der Waals surface area contributed by atoms with Crippen LogP contribution in [0.2, 0.25) is 0 Å². The average Bonchev–Trinajstić information content (AvgIpc) is 3.03. The lowest BCUT2D eigenvalue weighted by Crippen LogP contribution is -2.15. The van der Waals surface area contributed by atoms with E-state index in [1.54, 1.807) is 7.11 Å². The van der Waals surface area contributed by atoms with E-state index in [1.165, 1.54) is 24.0 Å². The normalized spacial score (nSPS) is 15.6. The van der Waals surface area contributed by atoms with Gasteiger partial charge in [-0.25, -0.2) is 0 Å². The minimum Gasteiger partial charge on any atom is -0.380 e. The lowest BCUT2D eigenvalue weighted by atomic mass is 10.1. The molecule has 0 unspecified atom stereocenters. The van der Waals surface area contributed by atoms with Crippen molar-refractivity contribution >= 4 is 15.9 Å². The van der Waals surface area contributed by atoms with Gasteiger partial charge in [-0.15, -0.1) is 0 Å². The molecule has 15 heavy (non-hydrogen) atoms. The first kappa shape index (κ1) is 11.1. The molecule has 0 saturated heterocycles. The number of benzene rings is 1. The summed E-state index contributed by atoms with van der Waals surface area (Å²) in [4.78, 5) is 0. The molecule has 0 aliphatic heterocycles. The van der Waals surface area contributed by atoms with Gasteiger partial charge in [0.05, 0.1) is 6.61 Å². The molecule has 0 radical (unpaired) electrons. The molecule has 0 spiro atoms. The number of rotatable bonds is 5. The summed E-state index contributed by atoms with van der Waals surface area (Å²) in [7, 11) is 1.72. The van der Waals surface area contributed by atoms with Crippen molar-refractivity contribution in [1.82, 2.24) is 5.32 Å². The van der Waals surface area contributed by atoms with Crippen LogP contribution in [-0.2, 0) is 17.9 Å². The summed E-state index contributed by atoms with van der Waals surface area (Å²) in [6.07, 6.45) is 2.67. The van der Waals surface area contributed by atoms with Gasteiger partial charge in [-0.2, -0.15) is 0 Å². The monoisotopic (exact) mass is 269 g/mol. The van der Waals surface area contributed by atoms with Crippen molar-refractivity contribution in [3.63, 3.8) is 0 Å². The molecule has 1 aliphatic rings. The maximum Gasteiger partial charge on any atom is 0.0724 e. The number of hydrogen-bond acceptors (Lipinski definition) is 2. The van der Waals surface area contributed by atoms with Crippen molar-refractivity contribution in [2.24, 2.45) is 0 Å². The molecule has 0 atom stereocenters. The van der Waals surface area contributed by atoms with Crippen molar-refractivity contribution in [2.75, 3.05) is 7.11 Å². The van der Waals surface area contributed by atoms with E-state index in [4.69, 9.17) is 4.74 Å². The summed E-state index contributed by atoms with van der Waals surface area (Å²) >= 11 is 3.56. The van der Waals surface area contributed by atoms with Crippen LogP contribution in [-0.4, -0.2) is 13.2 Å². The SMILES string of the molecule is COCc1ccc(CNC2CC2)cc1Br. The van der Waals surface area contributed by atoms with Gasteiger partial charge >= 0.3 is 0 Å². The molecule has 2 rings (SSSR count). The zero-order valence-corrected chi connectivity index (χ0v) is 10.5. The molecular formula is C12H16BrNO. The Bertz CT molecular complexity index is 336. The second-order valence-corrected chi connectivity index (χ2v) is 4.87. The van der Waals surface area contributed by atoms with Gasteiger partial charge < -0.3 is 10.1 Å². The van der Waals surface area contributed by atoms with Gasteiger partial charge in [0.2, 0.25) is 0 Å². The molecule has 0 amide bonds. The number of halogens is 1. The van der Waals surface area contributed by atoms with Gasteiger partial charge in [-0.3, -0.25) is 0 Å². The van der Waals surface area contributed by atoms with Crippen molar-refractivity contribution in [1.29, 1.82) is 0 Å². The third kappa shape index (κ3) is 3.30. The fourth-order valence-corrected chi connectivity index (χ4v) is 2.06. The van der Waals surface area contributed by atoms with Gasteiger partial charge in [0.15, 0.2) is 0 Å². The molecule has 3 heteroatoms. The Hall–Kier alpha value is -0.380. The highest BCUT2D eigenvalue weighted by atomic mass is 79.9. The summed E-state index contributed by atoms with van der Waals surface area (Å²) in [5, 5.41) is 3.50. The van der Waals surface area contributed by atoms with Crippen LogP contribution in [0.15, 0.2) is 22.7 Å². The Morgan fingerprint density at radius 3 is 2.87 bits per heavy atom. The van der Waals surface area contributed by atoms with Crippen LogP contribution in [0.3, 0.4) is 0 Å². The summed E-state index contributed by atoms with van der Waals surface area (Å²) in [6, 6.07) is 7.22. The van der Waals surface area contributed by atoms with E-state index in [1.807, 2.05) is 0 Å². The number of ether oxygens (including phenoxy) is 1. The van der Waals surface area contributed by atoms with Crippen LogP contribution in [0.25, 0.3) is 0 Å². The second-order valence-electron chi connectivity index (χ2n) is 4.01. The summed E-state index contributed by atoms with van der Waals surface area (Å²) in [5.74, 6) is 0. The summed E-state index contributed by atoms with van der Waals surface area (Å²) < 4.78 is 6.25. The first-order valence-corrected chi connectivity index (χ1v) is 6.08. The molecule has 1 fully saturated rings. The minimum absolute atomic E-state index is 0.664. The molecule has 2 nitrogen and oxygen atoms in total. The largest absolute Gasteiger partial charge is 0.380 e. The molecule has 0 aromatic heterocycles. The summed E-state index contributed by atoms with van der Waals surface area (Å²) in [5.41, 5.74) is 2.53. The quantitative estimate of drug-likeness (QED) is 0.888. The first-order chi connectivity index (χ1) is 7.29. The third-order valence-electron chi connectivity index (χ3n) is 2.59. The van der Waals surface area contributed by atoms with E-state index in [0.717, 1.165) is 17.1 Å². The Labute approximate surface area is 99.1 Å². The van der Waals surface area contributed by atoms with Crippen molar-refractivity contribution in [3.8, 4) is 0 Å². The number of hydrogen-bond donors (Lipinski definition) is 1. The van der Waals surface area contributed by atoms with Crippen LogP contribution in [0.1, 0.15) is 24.0 Å². The average molecular weight is 270 g/mol. The first-order valence-electron chi connectivity index (χ1n) is 5.29. The zero-order valence-electron chi connectivity index (χ0n) is 8.92. The maximum absolute atomic E-state index is 5.11. The predicted molar refractivity (Wildman–Crippen MR) is 64.7 cm³/mol. The standard InChI is InChI=1S/C12H16BrNO/c1-15-8-10-3-2-9(6-12(10)13)7-14-11-4-5-11/h2-3,6,11,14H,4-5,7-8H2,1H3. The Morgan fingerprint density at radius 1 is 1.47 bits per heavy atom. The lowest BCUT2D eigenvalue weighted by Gasteiger charge is -2.07.